The molecule has 0 atom stereocenters. The Morgan fingerprint density at radius 1 is 0.283 bits per heavy atom. The number of nitrogens with zero attached hydrogens (tertiary/aromatic N) is 5. The lowest BCUT2D eigenvalue weighted by atomic mass is 10.1. The molecule has 0 saturated heterocycles. The molecule has 0 fully saturated rings. The summed E-state index contributed by atoms with van der Waals surface area (Å²) in [5.74, 6) is 0. The first-order valence-electron chi connectivity index (χ1n) is 20.3. The summed E-state index contributed by atoms with van der Waals surface area (Å²) in [4.78, 5) is 0. The lowest BCUT2D eigenvalue weighted by Gasteiger charge is -2.11. The molecule has 4 aromatic heterocycles. The van der Waals surface area contributed by atoms with Crippen molar-refractivity contribution in [3.63, 3.8) is 0 Å². The van der Waals surface area contributed by atoms with E-state index in [1.54, 1.807) is 0 Å². The fraction of sp³-hybridized carbons (Fsp3) is 0. The summed E-state index contributed by atoms with van der Waals surface area (Å²) in [5.41, 5.74) is 14.1. The second-order valence-corrected chi connectivity index (χ2v) is 15.6. The summed E-state index contributed by atoms with van der Waals surface area (Å²) in [7, 11) is 0. The van der Waals surface area contributed by atoms with Gasteiger partial charge < -0.3 is 18.3 Å². The Labute approximate surface area is 344 Å². The monoisotopic (exact) mass is 763 g/mol. The molecular weight excluding hydrogens is 731 g/mol. The number of rotatable bonds is 4. The third kappa shape index (κ3) is 4.39. The molecule has 0 bridgehead atoms. The number of fused-ring (bicyclic) bond motifs is 14. The van der Waals surface area contributed by atoms with Gasteiger partial charge in [0.05, 0.1) is 55.8 Å². The van der Waals surface area contributed by atoms with Gasteiger partial charge in [-0.25, -0.2) is 0 Å². The molecule has 0 amide bonds. The molecule has 5 nitrogen and oxygen atoms in total. The van der Waals surface area contributed by atoms with Crippen LogP contribution >= 0.6 is 0 Å². The minimum Gasteiger partial charge on any atom is -0.309 e. The van der Waals surface area contributed by atoms with E-state index in [0.29, 0.717) is 5.56 Å². The lowest BCUT2D eigenvalue weighted by Crippen LogP contribution is -1.96. The molecule has 0 radical (unpaired) electrons. The minimum absolute atomic E-state index is 0.638. The van der Waals surface area contributed by atoms with Gasteiger partial charge in [-0.15, -0.1) is 0 Å². The quantitative estimate of drug-likeness (QED) is 0.176. The molecule has 60 heavy (non-hydrogen) atoms. The van der Waals surface area contributed by atoms with Gasteiger partial charge in [-0.05, 0) is 91.0 Å². The molecule has 0 aliphatic heterocycles. The fourth-order valence-electron chi connectivity index (χ4n) is 10.1. The van der Waals surface area contributed by atoms with Crippen LogP contribution in [-0.4, -0.2) is 18.3 Å². The van der Waals surface area contributed by atoms with Gasteiger partial charge in [0.15, 0.2) is 0 Å². The second kappa shape index (κ2) is 12.3. The van der Waals surface area contributed by atoms with Crippen molar-refractivity contribution in [2.75, 3.05) is 0 Å². The highest BCUT2D eigenvalue weighted by atomic mass is 15.0. The van der Waals surface area contributed by atoms with Crippen molar-refractivity contribution in [2.24, 2.45) is 0 Å². The van der Waals surface area contributed by atoms with Gasteiger partial charge in [0.25, 0.3) is 0 Å². The summed E-state index contributed by atoms with van der Waals surface area (Å²) in [6, 6.07) is 74.2. The summed E-state index contributed by atoms with van der Waals surface area (Å²) in [6.45, 7) is 0. The van der Waals surface area contributed by atoms with Crippen LogP contribution in [0.5, 0.6) is 0 Å². The SMILES string of the molecule is N#Cc1ccc2c3c(ccc4c5ccccc5n(-c5ccc6c(c5)c5c(ccc7c8ccccc8n(-c8ccccc8)c75)n6-c5ccccc5)c43)n(-c3ccccc3)c2c1. The first kappa shape index (κ1) is 32.7. The molecule has 13 rings (SSSR count). The zero-order valence-electron chi connectivity index (χ0n) is 32.3. The summed E-state index contributed by atoms with van der Waals surface area (Å²) in [6.07, 6.45) is 0. The van der Waals surface area contributed by atoms with Crippen LogP contribution in [0.15, 0.2) is 200 Å². The van der Waals surface area contributed by atoms with E-state index in [9.17, 15) is 5.26 Å². The van der Waals surface area contributed by atoms with Crippen molar-refractivity contribution in [3.05, 3.63) is 206 Å². The van der Waals surface area contributed by atoms with Crippen molar-refractivity contribution in [3.8, 4) is 28.8 Å². The highest BCUT2D eigenvalue weighted by Gasteiger charge is 2.24. The van der Waals surface area contributed by atoms with E-state index in [1.807, 2.05) is 18.2 Å². The number of hydrogen-bond acceptors (Lipinski definition) is 1. The van der Waals surface area contributed by atoms with Crippen LogP contribution in [0.4, 0.5) is 0 Å². The topological polar surface area (TPSA) is 43.5 Å². The van der Waals surface area contributed by atoms with E-state index in [0.717, 1.165) is 66.6 Å². The van der Waals surface area contributed by atoms with Crippen molar-refractivity contribution in [2.45, 2.75) is 0 Å². The van der Waals surface area contributed by atoms with Crippen molar-refractivity contribution >= 4 is 87.2 Å². The van der Waals surface area contributed by atoms with Crippen LogP contribution in [0, 0.1) is 11.3 Å². The molecule has 0 aliphatic rings. The standard InChI is InChI=1S/C55H33N5/c56-34-35-24-26-44-51(32-35)58(37-16-6-2-7-17-37)49-30-27-42-41-21-11-13-23-47(41)60(54(42)52(44)49)39-25-29-48-45(33-39)53-50(57(48)36-14-4-1-5-15-36)31-28-43-40-20-10-12-22-46(40)59(55(43)53)38-18-8-3-9-19-38/h1-33H. The van der Waals surface area contributed by atoms with E-state index in [-0.39, 0.29) is 0 Å². The molecule has 4 heterocycles. The molecule has 278 valence electrons. The Kier molecular flexibility index (Phi) is 6.73. The maximum atomic E-state index is 10.1. The van der Waals surface area contributed by atoms with Crippen LogP contribution in [0.25, 0.3) is 110 Å². The van der Waals surface area contributed by atoms with Crippen LogP contribution in [0.1, 0.15) is 5.56 Å². The molecule has 5 heteroatoms. The van der Waals surface area contributed by atoms with E-state index in [2.05, 4.69) is 206 Å². The number of benzene rings is 9. The van der Waals surface area contributed by atoms with Gasteiger partial charge in [-0.1, -0.05) is 109 Å². The van der Waals surface area contributed by atoms with E-state index >= 15 is 0 Å². The largest absolute Gasteiger partial charge is 0.309 e. The Bertz CT molecular complexity index is 3930. The second-order valence-electron chi connectivity index (χ2n) is 15.6. The van der Waals surface area contributed by atoms with Gasteiger partial charge in [0.2, 0.25) is 0 Å². The zero-order chi connectivity index (χ0) is 39.5. The van der Waals surface area contributed by atoms with Crippen LogP contribution < -0.4 is 0 Å². The van der Waals surface area contributed by atoms with Gasteiger partial charge >= 0.3 is 0 Å². The predicted molar refractivity (Wildman–Crippen MR) is 249 cm³/mol. The number of nitriles is 1. The van der Waals surface area contributed by atoms with Gasteiger partial charge in [-0.3, -0.25) is 0 Å². The van der Waals surface area contributed by atoms with E-state index in [1.165, 1.54) is 43.4 Å². The predicted octanol–water partition coefficient (Wildman–Crippen LogP) is 13.9. The normalized spacial score (nSPS) is 12.0. The summed E-state index contributed by atoms with van der Waals surface area (Å²) in [5, 5.41) is 19.6. The van der Waals surface area contributed by atoms with Crippen molar-refractivity contribution in [1.82, 2.24) is 18.3 Å². The summed E-state index contributed by atoms with van der Waals surface area (Å²) >= 11 is 0. The Balaban J connectivity index is 1.21. The van der Waals surface area contributed by atoms with E-state index < -0.39 is 0 Å². The highest BCUT2D eigenvalue weighted by molar-refractivity contribution is 6.28. The van der Waals surface area contributed by atoms with Crippen molar-refractivity contribution < 1.29 is 0 Å². The zero-order valence-corrected chi connectivity index (χ0v) is 32.3. The van der Waals surface area contributed by atoms with Gasteiger partial charge in [0, 0.05) is 65.8 Å². The smallest absolute Gasteiger partial charge is 0.0992 e. The van der Waals surface area contributed by atoms with Crippen molar-refractivity contribution in [1.29, 1.82) is 5.26 Å². The third-order valence-electron chi connectivity index (χ3n) is 12.5. The molecule has 0 N–H and O–H groups in total. The molecule has 0 aliphatic carbocycles. The number of aromatic nitrogens is 4. The van der Waals surface area contributed by atoms with Crippen LogP contribution in [0.3, 0.4) is 0 Å². The average molecular weight is 764 g/mol. The van der Waals surface area contributed by atoms with E-state index in [4.69, 9.17) is 0 Å². The first-order valence-corrected chi connectivity index (χ1v) is 20.3. The fourth-order valence-corrected chi connectivity index (χ4v) is 10.1. The maximum Gasteiger partial charge on any atom is 0.0992 e. The van der Waals surface area contributed by atoms with Gasteiger partial charge in [0.1, 0.15) is 0 Å². The molecule has 13 aromatic rings. The molecule has 0 unspecified atom stereocenters. The summed E-state index contributed by atoms with van der Waals surface area (Å²) < 4.78 is 9.65. The molecule has 0 spiro atoms. The Morgan fingerprint density at radius 3 is 1.28 bits per heavy atom. The number of para-hydroxylation sites is 5. The molecule has 9 aromatic carbocycles. The number of hydrogen-bond donors (Lipinski definition) is 0. The van der Waals surface area contributed by atoms with Crippen LogP contribution in [0.2, 0.25) is 0 Å². The Morgan fingerprint density at radius 2 is 0.717 bits per heavy atom. The molecule has 0 saturated carbocycles. The Hall–Kier alpha value is -8.33. The van der Waals surface area contributed by atoms with Crippen LogP contribution in [-0.2, 0) is 0 Å². The maximum absolute atomic E-state index is 10.1. The third-order valence-corrected chi connectivity index (χ3v) is 12.5. The lowest BCUT2D eigenvalue weighted by molar-refractivity contribution is 1.16. The van der Waals surface area contributed by atoms with Gasteiger partial charge in [-0.2, -0.15) is 5.26 Å². The first-order chi connectivity index (χ1) is 29.8. The average Bonchev–Trinajstić information content (AvgIpc) is 4.04. The highest BCUT2D eigenvalue weighted by Crippen LogP contribution is 2.45. The minimum atomic E-state index is 0.638. The molecular formula is C55H33N5.